The molecule has 2 aliphatic heterocycles. The first-order valence-corrected chi connectivity index (χ1v) is 25.5. The number of likely N-dealkylation sites (tertiary alicyclic amines) is 1. The zero-order chi connectivity index (χ0) is 49.8. The Morgan fingerprint density at radius 2 is 1.53 bits per heavy atom. The average Bonchev–Trinajstić information content (AvgIpc) is 3.98. The van der Waals surface area contributed by atoms with Gasteiger partial charge >= 0.3 is 0 Å². The quantitative estimate of drug-likeness (QED) is 0.0476. The third-order valence-corrected chi connectivity index (χ3v) is 14.1. The summed E-state index contributed by atoms with van der Waals surface area (Å²) in [5.41, 5.74) is 9.27. The number of aliphatic hydroxyl groups excluding tert-OH is 1. The van der Waals surface area contributed by atoms with Gasteiger partial charge in [-0.15, -0.1) is 22.9 Å². The first kappa shape index (κ1) is 51.8. The number of allylic oxidation sites excluding steroid dienone is 1. The Balaban J connectivity index is 0.839. The fraction of sp³-hybridized carbons (Fsp3) is 0.400. The van der Waals surface area contributed by atoms with E-state index in [4.69, 9.17) is 16.3 Å². The summed E-state index contributed by atoms with van der Waals surface area (Å²) < 4.78 is 6.18. The van der Waals surface area contributed by atoms with Crippen LogP contribution in [-0.2, 0) is 25.7 Å². The number of halogens is 1. The Bertz CT molecular complexity index is 2570. The maximum absolute atomic E-state index is 14.1. The molecular formula is C55H65ClN6O7S. The van der Waals surface area contributed by atoms with E-state index in [-0.39, 0.29) is 55.8 Å². The van der Waals surface area contributed by atoms with Crippen molar-refractivity contribution in [2.45, 2.75) is 84.5 Å². The van der Waals surface area contributed by atoms with Crippen LogP contribution in [0.5, 0.6) is 11.5 Å². The van der Waals surface area contributed by atoms with Crippen LogP contribution in [0.4, 0.5) is 0 Å². The number of aliphatic hydroxyl groups is 1. The molecule has 0 spiro atoms. The number of phenolic OH excluding ortho intramolecular Hbond substituents is 1. The molecule has 2 saturated heterocycles. The van der Waals surface area contributed by atoms with Crippen LogP contribution in [0, 0.1) is 12.3 Å². The smallest absolute Gasteiger partial charge is 0.246 e. The van der Waals surface area contributed by atoms with Gasteiger partial charge in [0.05, 0.1) is 22.2 Å². The Morgan fingerprint density at radius 1 is 0.857 bits per heavy atom. The molecule has 3 heterocycles. The van der Waals surface area contributed by atoms with Crippen molar-refractivity contribution in [2.75, 3.05) is 51.8 Å². The third-order valence-electron chi connectivity index (χ3n) is 13.0. The number of thiazole rings is 1. The molecule has 2 aliphatic rings. The first-order chi connectivity index (χ1) is 33.7. The molecule has 2 fully saturated rings. The molecule has 4 amide bonds. The van der Waals surface area contributed by atoms with Crippen LogP contribution in [0.15, 0.2) is 109 Å². The maximum Gasteiger partial charge on any atom is 0.246 e. The highest BCUT2D eigenvalue weighted by Gasteiger charge is 2.44. The van der Waals surface area contributed by atoms with Crippen molar-refractivity contribution in [3.63, 3.8) is 0 Å². The van der Waals surface area contributed by atoms with Gasteiger partial charge in [0.1, 0.15) is 30.2 Å². The number of benzene rings is 4. The van der Waals surface area contributed by atoms with Gasteiger partial charge in [-0.1, -0.05) is 99.6 Å². The summed E-state index contributed by atoms with van der Waals surface area (Å²) in [6.07, 6.45) is 0.489. The number of aryl methyl sites for hydroxylation is 1. The van der Waals surface area contributed by atoms with E-state index < -0.39 is 29.5 Å². The molecule has 1 aromatic heterocycles. The SMILES string of the molecule is Cc1ncsc1-c1ccc(CNC(=O)C2CC(O)CN2C(=O)C(NC(=O)CCCC(=O)N2CCN(CCOc3ccc(C(=C(CCCl)c4ccccc4)c4ccc(O)cc4)cc3)CC2)C(C)(C)C)cc1. The summed E-state index contributed by atoms with van der Waals surface area (Å²) in [7, 11) is 0. The van der Waals surface area contributed by atoms with Gasteiger partial charge in [-0.25, -0.2) is 4.98 Å². The van der Waals surface area contributed by atoms with Gasteiger partial charge in [0.25, 0.3) is 0 Å². The number of carbonyl (C=O) groups is 4. The minimum atomic E-state index is -0.948. The molecule has 5 aromatic rings. The lowest BCUT2D eigenvalue weighted by atomic mass is 9.85. The standard InChI is InChI=1S/C55H65ClN6O7S/c1-37-51(70-36-58-37)42-15-13-38(14-16-42)34-57-53(67)47-33-44(64)35-62(47)54(68)52(55(2,3)4)59-48(65)11-8-12-49(66)61-29-27-60(28-30-61)31-32-69-45-23-19-41(20-24-45)50(40-17-21-43(63)22-18-40)46(25-26-56)39-9-6-5-7-10-39/h5-7,9-10,13-24,36,44,47,52,63-64H,8,11-12,25-35H2,1-4H3,(H,57,67)(H,59,65). The van der Waals surface area contributed by atoms with E-state index in [0.717, 1.165) is 55.3 Å². The van der Waals surface area contributed by atoms with Crippen molar-refractivity contribution in [1.29, 1.82) is 0 Å². The first-order valence-electron chi connectivity index (χ1n) is 24.1. The van der Waals surface area contributed by atoms with Gasteiger partial charge in [0.2, 0.25) is 23.6 Å². The van der Waals surface area contributed by atoms with Crippen molar-refractivity contribution in [3.05, 3.63) is 137 Å². The van der Waals surface area contributed by atoms with Crippen LogP contribution in [-0.4, -0.2) is 123 Å². The summed E-state index contributed by atoms with van der Waals surface area (Å²) in [4.78, 5) is 65.1. The lowest BCUT2D eigenvalue weighted by Crippen LogP contribution is -2.57. The number of aromatic hydroxyl groups is 1. The van der Waals surface area contributed by atoms with Crippen LogP contribution < -0.4 is 15.4 Å². The summed E-state index contributed by atoms with van der Waals surface area (Å²) in [5.74, 6) is 0.259. The second kappa shape index (κ2) is 24.2. The normalized spacial score (nSPS) is 17.2. The Labute approximate surface area is 420 Å². The van der Waals surface area contributed by atoms with E-state index in [1.807, 2.05) is 105 Å². The molecule has 3 atom stereocenters. The number of piperazine rings is 1. The highest BCUT2D eigenvalue weighted by Crippen LogP contribution is 2.36. The minimum absolute atomic E-state index is 0.0137. The summed E-state index contributed by atoms with van der Waals surface area (Å²) in [6, 6.07) is 31.5. The highest BCUT2D eigenvalue weighted by molar-refractivity contribution is 7.13. The predicted octanol–water partition coefficient (Wildman–Crippen LogP) is 7.91. The molecule has 70 heavy (non-hydrogen) atoms. The molecule has 15 heteroatoms. The van der Waals surface area contributed by atoms with Crippen LogP contribution in [0.25, 0.3) is 21.6 Å². The van der Waals surface area contributed by atoms with E-state index in [0.29, 0.717) is 58.1 Å². The van der Waals surface area contributed by atoms with Gasteiger partial charge in [-0.3, -0.25) is 24.1 Å². The van der Waals surface area contributed by atoms with Gasteiger partial charge in [0, 0.05) is 71.0 Å². The number of hydrogen-bond donors (Lipinski definition) is 4. The molecular weight excluding hydrogens is 924 g/mol. The molecule has 4 aromatic carbocycles. The number of β-amino-alcohol motifs (C(OH)–C–C–N with tert-alkyl or cyclic N) is 1. The van der Waals surface area contributed by atoms with E-state index in [1.165, 1.54) is 4.90 Å². The van der Waals surface area contributed by atoms with E-state index in [2.05, 4.69) is 44.8 Å². The average molecular weight is 990 g/mol. The number of carbonyl (C=O) groups excluding carboxylic acids is 4. The fourth-order valence-corrected chi connectivity index (χ4v) is 10.1. The van der Waals surface area contributed by atoms with Crippen LogP contribution in [0.2, 0.25) is 0 Å². The lowest BCUT2D eigenvalue weighted by molar-refractivity contribution is -0.144. The van der Waals surface area contributed by atoms with Crippen LogP contribution in [0.3, 0.4) is 0 Å². The number of nitrogens with one attached hydrogen (secondary N) is 2. The number of rotatable bonds is 19. The molecule has 0 aliphatic carbocycles. The largest absolute Gasteiger partial charge is 0.508 e. The Kier molecular flexibility index (Phi) is 17.9. The molecule has 13 nitrogen and oxygen atoms in total. The monoisotopic (exact) mass is 988 g/mol. The second-order valence-electron chi connectivity index (χ2n) is 19.1. The fourth-order valence-electron chi connectivity index (χ4n) is 9.09. The zero-order valence-electron chi connectivity index (χ0n) is 40.5. The van der Waals surface area contributed by atoms with Gasteiger partial charge in [-0.05, 0) is 88.4 Å². The Hall–Kier alpha value is -6.06. The molecule has 0 radical (unpaired) electrons. The summed E-state index contributed by atoms with van der Waals surface area (Å²) in [5, 5.41) is 26.5. The van der Waals surface area contributed by atoms with Crippen LogP contribution in [0.1, 0.15) is 80.8 Å². The van der Waals surface area contributed by atoms with Crippen molar-refractivity contribution in [1.82, 2.24) is 30.3 Å². The van der Waals surface area contributed by atoms with Crippen molar-refractivity contribution >= 4 is 57.7 Å². The number of ether oxygens (including phenoxy) is 1. The number of amides is 4. The number of aromatic nitrogens is 1. The zero-order valence-corrected chi connectivity index (χ0v) is 42.1. The number of nitrogens with zero attached hydrogens (tertiary/aromatic N) is 4. The molecule has 0 saturated carbocycles. The topological polar surface area (TPSA) is 165 Å². The third kappa shape index (κ3) is 13.6. The molecule has 3 unspecified atom stereocenters. The van der Waals surface area contributed by atoms with E-state index in [1.54, 1.807) is 23.5 Å². The summed E-state index contributed by atoms with van der Waals surface area (Å²) >= 11 is 7.90. The van der Waals surface area contributed by atoms with Gasteiger partial charge in [0.15, 0.2) is 0 Å². The second-order valence-corrected chi connectivity index (χ2v) is 20.3. The lowest BCUT2D eigenvalue weighted by Gasteiger charge is -2.35. The Morgan fingerprint density at radius 3 is 2.16 bits per heavy atom. The number of phenols is 1. The van der Waals surface area contributed by atoms with Crippen molar-refractivity contribution in [3.8, 4) is 21.9 Å². The van der Waals surface area contributed by atoms with Gasteiger partial charge in [-0.2, -0.15) is 0 Å². The maximum atomic E-state index is 14.1. The van der Waals surface area contributed by atoms with E-state index in [9.17, 15) is 29.4 Å². The van der Waals surface area contributed by atoms with Crippen molar-refractivity contribution in [2.24, 2.45) is 5.41 Å². The van der Waals surface area contributed by atoms with Crippen LogP contribution >= 0.6 is 22.9 Å². The predicted molar refractivity (Wildman–Crippen MR) is 276 cm³/mol. The molecule has 4 N–H and O–H groups in total. The molecule has 0 bridgehead atoms. The molecule has 370 valence electrons. The van der Waals surface area contributed by atoms with E-state index >= 15 is 0 Å². The minimum Gasteiger partial charge on any atom is -0.508 e. The number of alkyl halides is 1. The summed E-state index contributed by atoms with van der Waals surface area (Å²) in [6.45, 7) is 11.5. The molecule has 7 rings (SSSR count). The van der Waals surface area contributed by atoms with Crippen molar-refractivity contribution < 1.29 is 34.1 Å². The highest BCUT2D eigenvalue weighted by atomic mass is 35.5. The van der Waals surface area contributed by atoms with Gasteiger partial charge < -0.3 is 35.4 Å². The number of hydrogen-bond acceptors (Lipinski definition) is 10.